The quantitative estimate of drug-likeness (QED) is 0.737. The minimum atomic E-state index is -1.10. The smallest absolute Gasteiger partial charge is 0.136 e. The topological polar surface area (TPSA) is 37.3 Å². The largest absolute Gasteiger partial charge is 0.390 e. The second-order valence-corrected chi connectivity index (χ2v) is 9.09. The fourth-order valence-electron chi connectivity index (χ4n) is 7.04. The summed E-state index contributed by atoms with van der Waals surface area (Å²) in [6.07, 6.45) is 5.84. The van der Waals surface area contributed by atoms with Gasteiger partial charge in [-0.3, -0.25) is 4.79 Å². The fourth-order valence-corrected chi connectivity index (χ4v) is 7.04. The number of hydrogen-bond donors (Lipinski definition) is 1. The molecule has 4 saturated carbocycles. The molecule has 124 valence electrons. The van der Waals surface area contributed by atoms with Crippen molar-refractivity contribution >= 4 is 5.78 Å². The maximum atomic E-state index is 14.2. The molecule has 4 aliphatic carbocycles. The van der Waals surface area contributed by atoms with Crippen LogP contribution in [0.2, 0.25) is 0 Å². The van der Waals surface area contributed by atoms with Crippen molar-refractivity contribution in [2.24, 2.45) is 34.5 Å². The molecule has 1 unspecified atom stereocenters. The van der Waals surface area contributed by atoms with Crippen LogP contribution in [-0.4, -0.2) is 23.2 Å². The summed E-state index contributed by atoms with van der Waals surface area (Å²) in [6.45, 7) is 4.41. The predicted octanol–water partition coefficient (Wildman–Crippen LogP) is 3.91. The van der Waals surface area contributed by atoms with Gasteiger partial charge in [-0.25, -0.2) is 4.39 Å². The summed E-state index contributed by atoms with van der Waals surface area (Å²) in [5.74, 6) is 1.75. The van der Waals surface area contributed by atoms with E-state index in [1.807, 2.05) is 0 Å². The lowest BCUT2D eigenvalue weighted by atomic mass is 9.45. The maximum Gasteiger partial charge on any atom is 0.136 e. The molecule has 0 aromatic heterocycles. The van der Waals surface area contributed by atoms with Crippen LogP contribution in [0.3, 0.4) is 0 Å². The molecule has 22 heavy (non-hydrogen) atoms. The molecule has 2 nitrogen and oxygen atoms in total. The van der Waals surface area contributed by atoms with Crippen LogP contribution in [-0.2, 0) is 4.79 Å². The molecule has 4 rings (SSSR count). The van der Waals surface area contributed by atoms with Gasteiger partial charge in [0.1, 0.15) is 12.0 Å². The molecular formula is C19H29FO2. The van der Waals surface area contributed by atoms with Gasteiger partial charge < -0.3 is 5.11 Å². The Morgan fingerprint density at radius 2 is 1.86 bits per heavy atom. The van der Waals surface area contributed by atoms with Crippen LogP contribution >= 0.6 is 0 Å². The van der Waals surface area contributed by atoms with E-state index in [1.165, 1.54) is 12.8 Å². The first-order valence-corrected chi connectivity index (χ1v) is 9.23. The van der Waals surface area contributed by atoms with E-state index in [0.29, 0.717) is 30.5 Å². The van der Waals surface area contributed by atoms with Gasteiger partial charge in [-0.15, -0.1) is 0 Å². The summed E-state index contributed by atoms with van der Waals surface area (Å²) >= 11 is 0. The summed E-state index contributed by atoms with van der Waals surface area (Å²) in [5, 5.41) is 10.3. The Morgan fingerprint density at radius 1 is 1.09 bits per heavy atom. The van der Waals surface area contributed by atoms with Crippen LogP contribution in [0.5, 0.6) is 0 Å². The third-order valence-corrected chi connectivity index (χ3v) is 8.30. The van der Waals surface area contributed by atoms with Gasteiger partial charge in [0.05, 0.1) is 6.10 Å². The minimum Gasteiger partial charge on any atom is -0.390 e. The zero-order valence-electron chi connectivity index (χ0n) is 13.9. The van der Waals surface area contributed by atoms with Gasteiger partial charge in [0.2, 0.25) is 0 Å². The Kier molecular flexibility index (Phi) is 3.28. The van der Waals surface area contributed by atoms with E-state index >= 15 is 0 Å². The molecule has 0 aliphatic heterocycles. The summed E-state index contributed by atoms with van der Waals surface area (Å²) in [7, 11) is 0. The molecule has 3 heteroatoms. The molecule has 1 N–H and O–H groups in total. The second kappa shape index (κ2) is 4.78. The van der Waals surface area contributed by atoms with Gasteiger partial charge in [-0.1, -0.05) is 26.7 Å². The monoisotopic (exact) mass is 308 g/mol. The molecule has 0 aromatic carbocycles. The maximum absolute atomic E-state index is 14.2. The Bertz CT molecular complexity index is 492. The van der Waals surface area contributed by atoms with Gasteiger partial charge in [-0.2, -0.15) is 0 Å². The Hall–Kier alpha value is -0.440. The SMILES string of the molecule is C[C@]12CC[C@H]3[C@@H](CC(=O)C4CCCC[C@@]43C)[C@@H]1C[C@@H](F)[C@@H]2O. The van der Waals surface area contributed by atoms with Crippen LogP contribution in [0.1, 0.15) is 65.2 Å². The molecular weight excluding hydrogens is 279 g/mol. The molecule has 4 fully saturated rings. The number of hydrogen-bond acceptors (Lipinski definition) is 2. The van der Waals surface area contributed by atoms with Gasteiger partial charge in [0, 0.05) is 12.3 Å². The number of carbonyl (C=O) groups is 1. The van der Waals surface area contributed by atoms with Crippen LogP contribution in [0.15, 0.2) is 0 Å². The number of rotatable bonds is 0. The van der Waals surface area contributed by atoms with E-state index < -0.39 is 12.3 Å². The summed E-state index contributed by atoms with van der Waals surface area (Å²) in [4.78, 5) is 12.8. The number of alkyl halides is 1. The highest BCUT2D eigenvalue weighted by Crippen LogP contribution is 2.65. The zero-order valence-corrected chi connectivity index (χ0v) is 13.9. The molecule has 0 saturated heterocycles. The predicted molar refractivity (Wildman–Crippen MR) is 83.0 cm³/mol. The van der Waals surface area contributed by atoms with Crippen molar-refractivity contribution in [3.8, 4) is 0 Å². The van der Waals surface area contributed by atoms with Gasteiger partial charge in [0.15, 0.2) is 0 Å². The van der Waals surface area contributed by atoms with Crippen LogP contribution in [0.4, 0.5) is 4.39 Å². The molecule has 0 radical (unpaired) electrons. The standard InChI is InChI=1S/C19H29FO2/c1-18-7-4-3-5-13(18)16(21)9-11-12(18)6-8-19(2)14(11)10-15(20)17(19)22/h11-15,17,22H,3-10H2,1-2H3/t11-,12+,13?,14+,15-,17+,18-,19+/m1/s1. The van der Waals surface area contributed by atoms with Crippen molar-refractivity contribution < 1.29 is 14.3 Å². The first-order valence-electron chi connectivity index (χ1n) is 9.23. The van der Waals surface area contributed by atoms with E-state index in [0.717, 1.165) is 25.7 Å². The average Bonchev–Trinajstić information content (AvgIpc) is 2.71. The van der Waals surface area contributed by atoms with Crippen molar-refractivity contribution in [3.63, 3.8) is 0 Å². The van der Waals surface area contributed by atoms with Crippen LogP contribution in [0.25, 0.3) is 0 Å². The Morgan fingerprint density at radius 3 is 2.64 bits per heavy atom. The van der Waals surface area contributed by atoms with E-state index in [9.17, 15) is 14.3 Å². The van der Waals surface area contributed by atoms with Gasteiger partial charge >= 0.3 is 0 Å². The lowest BCUT2D eigenvalue weighted by molar-refractivity contribution is -0.155. The normalized spacial score (nSPS) is 57.9. The average molecular weight is 308 g/mol. The van der Waals surface area contributed by atoms with E-state index in [2.05, 4.69) is 13.8 Å². The number of ketones is 1. The van der Waals surface area contributed by atoms with Crippen molar-refractivity contribution in [1.29, 1.82) is 0 Å². The molecule has 0 bridgehead atoms. The van der Waals surface area contributed by atoms with Crippen molar-refractivity contribution in [2.75, 3.05) is 0 Å². The van der Waals surface area contributed by atoms with Crippen molar-refractivity contribution in [3.05, 3.63) is 0 Å². The number of Topliss-reactive ketones (excluding diaryl/α,β-unsaturated/α-hetero) is 1. The number of aliphatic hydroxyl groups is 1. The second-order valence-electron chi connectivity index (χ2n) is 9.09. The first-order chi connectivity index (χ1) is 10.4. The lowest BCUT2D eigenvalue weighted by Crippen LogP contribution is -2.56. The lowest BCUT2D eigenvalue weighted by Gasteiger charge is -2.59. The highest BCUT2D eigenvalue weighted by molar-refractivity contribution is 5.83. The number of halogens is 1. The molecule has 0 heterocycles. The first kappa shape index (κ1) is 15.1. The molecule has 0 aromatic rings. The summed E-state index contributed by atoms with van der Waals surface area (Å²) < 4.78 is 14.2. The van der Waals surface area contributed by atoms with Crippen LogP contribution < -0.4 is 0 Å². The van der Waals surface area contributed by atoms with E-state index in [1.54, 1.807) is 0 Å². The Balaban J connectivity index is 1.70. The number of aliphatic hydroxyl groups excluding tert-OH is 1. The summed E-state index contributed by atoms with van der Waals surface area (Å²) in [6, 6.07) is 0. The van der Waals surface area contributed by atoms with E-state index in [4.69, 9.17) is 0 Å². The zero-order chi connectivity index (χ0) is 15.7. The third kappa shape index (κ3) is 1.78. The minimum absolute atomic E-state index is 0.138. The van der Waals surface area contributed by atoms with Gasteiger partial charge in [-0.05, 0) is 60.7 Å². The third-order valence-electron chi connectivity index (χ3n) is 8.30. The molecule has 0 spiro atoms. The van der Waals surface area contributed by atoms with Crippen LogP contribution in [0, 0.1) is 34.5 Å². The fraction of sp³-hybridized carbons (Fsp3) is 0.947. The van der Waals surface area contributed by atoms with Crippen molar-refractivity contribution in [2.45, 2.75) is 77.5 Å². The van der Waals surface area contributed by atoms with Gasteiger partial charge in [0.25, 0.3) is 0 Å². The summed E-state index contributed by atoms with van der Waals surface area (Å²) in [5.41, 5.74) is -0.169. The molecule has 8 atom stereocenters. The number of fused-ring (bicyclic) bond motifs is 5. The Labute approximate surface area is 132 Å². The highest BCUT2D eigenvalue weighted by atomic mass is 19.1. The molecule has 4 aliphatic rings. The van der Waals surface area contributed by atoms with Crippen molar-refractivity contribution in [1.82, 2.24) is 0 Å². The highest BCUT2D eigenvalue weighted by Gasteiger charge is 2.63. The van der Waals surface area contributed by atoms with E-state index in [-0.39, 0.29) is 22.7 Å². The molecule has 0 amide bonds. The number of carbonyl (C=O) groups excluding carboxylic acids is 1.